The van der Waals surface area contributed by atoms with E-state index in [1.54, 1.807) is 0 Å². The highest BCUT2D eigenvalue weighted by Gasteiger charge is 2.07. The molecule has 62 valence electrons. The first-order chi connectivity index (χ1) is 5.20. The van der Waals surface area contributed by atoms with Gasteiger partial charge in [-0.2, -0.15) is 0 Å². The van der Waals surface area contributed by atoms with Crippen molar-refractivity contribution < 1.29 is 0 Å². The molecule has 0 fully saturated rings. The Morgan fingerprint density at radius 3 is 2.73 bits per heavy atom. The summed E-state index contributed by atoms with van der Waals surface area (Å²) in [4.78, 5) is 3.12. The SMILES string of the molecule is CC(C)CC(N)c1ccc[nH]1. The molecular formula is C9H16N2. The zero-order valence-corrected chi connectivity index (χ0v) is 7.17. The average Bonchev–Trinajstić information content (AvgIpc) is 2.35. The number of rotatable bonds is 3. The maximum absolute atomic E-state index is 5.91. The molecule has 1 heterocycles. The summed E-state index contributed by atoms with van der Waals surface area (Å²) in [6.07, 6.45) is 2.95. The average molecular weight is 152 g/mol. The van der Waals surface area contributed by atoms with Crippen molar-refractivity contribution >= 4 is 0 Å². The van der Waals surface area contributed by atoms with Crippen molar-refractivity contribution in [1.29, 1.82) is 0 Å². The number of nitrogens with one attached hydrogen (secondary N) is 1. The van der Waals surface area contributed by atoms with E-state index in [-0.39, 0.29) is 6.04 Å². The van der Waals surface area contributed by atoms with Crippen LogP contribution in [0, 0.1) is 5.92 Å². The lowest BCUT2D eigenvalue weighted by atomic mass is 10.0. The van der Waals surface area contributed by atoms with Gasteiger partial charge in [0.1, 0.15) is 0 Å². The third-order valence-corrected chi connectivity index (χ3v) is 1.75. The number of aromatic amines is 1. The molecule has 1 atom stereocenters. The van der Waals surface area contributed by atoms with Crippen LogP contribution in [0.3, 0.4) is 0 Å². The number of nitrogens with two attached hydrogens (primary N) is 1. The molecule has 0 aliphatic heterocycles. The molecule has 2 nitrogen and oxygen atoms in total. The lowest BCUT2D eigenvalue weighted by Crippen LogP contribution is -2.12. The van der Waals surface area contributed by atoms with Gasteiger partial charge in [0.15, 0.2) is 0 Å². The summed E-state index contributed by atoms with van der Waals surface area (Å²) in [6.45, 7) is 4.37. The molecule has 0 spiro atoms. The van der Waals surface area contributed by atoms with Crippen LogP contribution in [0.1, 0.15) is 32.0 Å². The Hall–Kier alpha value is -0.760. The van der Waals surface area contributed by atoms with Gasteiger partial charge in [-0.25, -0.2) is 0 Å². The van der Waals surface area contributed by atoms with Crippen LogP contribution in [0.2, 0.25) is 0 Å². The first kappa shape index (κ1) is 8.34. The molecule has 1 unspecified atom stereocenters. The summed E-state index contributed by atoms with van der Waals surface area (Å²) in [5.74, 6) is 0.660. The van der Waals surface area contributed by atoms with Crippen molar-refractivity contribution in [1.82, 2.24) is 4.98 Å². The second-order valence-electron chi connectivity index (χ2n) is 3.36. The molecule has 0 saturated heterocycles. The van der Waals surface area contributed by atoms with Crippen molar-refractivity contribution in [2.75, 3.05) is 0 Å². The van der Waals surface area contributed by atoms with Crippen LogP contribution < -0.4 is 5.73 Å². The van der Waals surface area contributed by atoms with Gasteiger partial charge < -0.3 is 10.7 Å². The second-order valence-corrected chi connectivity index (χ2v) is 3.36. The van der Waals surface area contributed by atoms with Crippen LogP contribution in [-0.2, 0) is 0 Å². The van der Waals surface area contributed by atoms with Gasteiger partial charge in [-0.15, -0.1) is 0 Å². The van der Waals surface area contributed by atoms with E-state index >= 15 is 0 Å². The third-order valence-electron chi connectivity index (χ3n) is 1.75. The summed E-state index contributed by atoms with van der Waals surface area (Å²) >= 11 is 0. The molecule has 0 bridgehead atoms. The van der Waals surface area contributed by atoms with Gasteiger partial charge in [0.2, 0.25) is 0 Å². The zero-order chi connectivity index (χ0) is 8.27. The molecule has 1 rings (SSSR count). The molecule has 2 heteroatoms. The molecule has 11 heavy (non-hydrogen) atoms. The topological polar surface area (TPSA) is 41.8 Å². The van der Waals surface area contributed by atoms with E-state index < -0.39 is 0 Å². The Labute approximate surface area is 67.8 Å². The fourth-order valence-electron chi connectivity index (χ4n) is 1.21. The van der Waals surface area contributed by atoms with Crippen LogP contribution in [0.15, 0.2) is 18.3 Å². The largest absolute Gasteiger partial charge is 0.364 e. The molecule has 0 aliphatic rings. The maximum atomic E-state index is 5.91. The minimum atomic E-state index is 0.171. The highest BCUT2D eigenvalue weighted by molar-refractivity contribution is 5.08. The van der Waals surface area contributed by atoms with Crippen LogP contribution in [-0.4, -0.2) is 4.98 Å². The van der Waals surface area contributed by atoms with Crippen LogP contribution in [0.25, 0.3) is 0 Å². The first-order valence-corrected chi connectivity index (χ1v) is 4.09. The number of hydrogen-bond acceptors (Lipinski definition) is 1. The van der Waals surface area contributed by atoms with Crippen molar-refractivity contribution in [3.05, 3.63) is 24.0 Å². The molecular weight excluding hydrogens is 136 g/mol. The van der Waals surface area contributed by atoms with E-state index in [1.807, 2.05) is 18.3 Å². The summed E-state index contributed by atoms with van der Waals surface area (Å²) in [5.41, 5.74) is 7.05. The van der Waals surface area contributed by atoms with E-state index in [4.69, 9.17) is 5.73 Å². The summed E-state index contributed by atoms with van der Waals surface area (Å²) in [5, 5.41) is 0. The molecule has 0 aliphatic carbocycles. The van der Waals surface area contributed by atoms with Gasteiger partial charge in [0.05, 0.1) is 0 Å². The van der Waals surface area contributed by atoms with E-state index in [9.17, 15) is 0 Å². The Morgan fingerprint density at radius 2 is 2.27 bits per heavy atom. The van der Waals surface area contributed by atoms with E-state index in [2.05, 4.69) is 18.8 Å². The zero-order valence-electron chi connectivity index (χ0n) is 7.17. The van der Waals surface area contributed by atoms with Crippen LogP contribution in [0.5, 0.6) is 0 Å². The lowest BCUT2D eigenvalue weighted by Gasteiger charge is -2.11. The van der Waals surface area contributed by atoms with Crippen molar-refractivity contribution in [2.45, 2.75) is 26.3 Å². The van der Waals surface area contributed by atoms with E-state index in [0.717, 1.165) is 12.1 Å². The predicted molar refractivity (Wildman–Crippen MR) is 47.2 cm³/mol. The molecule has 0 radical (unpaired) electrons. The standard InChI is InChI=1S/C9H16N2/c1-7(2)6-8(10)9-4-3-5-11-9/h3-5,7-8,11H,6,10H2,1-2H3. The first-order valence-electron chi connectivity index (χ1n) is 4.09. The Bertz CT molecular complexity index is 189. The molecule has 1 aromatic rings. The predicted octanol–water partition coefficient (Wildman–Crippen LogP) is 2.06. The molecule has 3 N–H and O–H groups in total. The van der Waals surface area contributed by atoms with E-state index in [0.29, 0.717) is 5.92 Å². The van der Waals surface area contributed by atoms with Gasteiger partial charge in [-0.1, -0.05) is 13.8 Å². The Morgan fingerprint density at radius 1 is 1.55 bits per heavy atom. The summed E-state index contributed by atoms with van der Waals surface area (Å²) in [7, 11) is 0. The van der Waals surface area contributed by atoms with Crippen LogP contribution in [0.4, 0.5) is 0 Å². The number of aromatic nitrogens is 1. The molecule has 1 aromatic heterocycles. The van der Waals surface area contributed by atoms with Crippen molar-refractivity contribution in [3.63, 3.8) is 0 Å². The van der Waals surface area contributed by atoms with Gasteiger partial charge in [-0.05, 0) is 24.5 Å². The fourth-order valence-corrected chi connectivity index (χ4v) is 1.21. The normalized spacial score (nSPS) is 13.8. The molecule has 0 aromatic carbocycles. The van der Waals surface area contributed by atoms with Gasteiger partial charge in [0.25, 0.3) is 0 Å². The minimum absolute atomic E-state index is 0.171. The van der Waals surface area contributed by atoms with Crippen molar-refractivity contribution in [3.8, 4) is 0 Å². The van der Waals surface area contributed by atoms with Gasteiger partial charge in [-0.3, -0.25) is 0 Å². The Balaban J connectivity index is 2.49. The van der Waals surface area contributed by atoms with Gasteiger partial charge in [0, 0.05) is 17.9 Å². The van der Waals surface area contributed by atoms with Crippen LogP contribution >= 0.6 is 0 Å². The summed E-state index contributed by atoms with van der Waals surface area (Å²) < 4.78 is 0. The smallest absolute Gasteiger partial charge is 0.0450 e. The minimum Gasteiger partial charge on any atom is -0.364 e. The van der Waals surface area contributed by atoms with Gasteiger partial charge >= 0.3 is 0 Å². The molecule has 0 amide bonds. The second kappa shape index (κ2) is 3.58. The fraction of sp³-hybridized carbons (Fsp3) is 0.556. The van der Waals surface area contributed by atoms with E-state index in [1.165, 1.54) is 0 Å². The summed E-state index contributed by atoms with van der Waals surface area (Å²) in [6, 6.07) is 4.19. The Kier molecular flexibility index (Phi) is 2.71. The maximum Gasteiger partial charge on any atom is 0.0450 e. The number of hydrogen-bond donors (Lipinski definition) is 2. The lowest BCUT2D eigenvalue weighted by molar-refractivity contribution is 0.503. The quantitative estimate of drug-likeness (QED) is 0.684. The highest BCUT2D eigenvalue weighted by Crippen LogP contribution is 2.16. The number of H-pyrrole nitrogens is 1. The highest BCUT2D eigenvalue weighted by atomic mass is 14.8. The molecule has 0 saturated carbocycles. The van der Waals surface area contributed by atoms with Crippen molar-refractivity contribution in [2.24, 2.45) is 11.7 Å². The monoisotopic (exact) mass is 152 g/mol. The third kappa shape index (κ3) is 2.39.